The summed E-state index contributed by atoms with van der Waals surface area (Å²) < 4.78 is 21.5. The predicted molar refractivity (Wildman–Crippen MR) is 94.7 cm³/mol. The molecule has 1 N–H and O–H groups in total. The van der Waals surface area contributed by atoms with E-state index >= 15 is 0 Å². The number of amides is 1. The minimum atomic E-state index is -0.207. The topological polar surface area (TPSA) is 66.0 Å². The maximum atomic E-state index is 11.8. The molecule has 6 nitrogen and oxygen atoms in total. The fraction of sp³-hybridized carbons (Fsp3) is 0.316. The Kier molecular flexibility index (Phi) is 6.95. The molecule has 0 bridgehead atoms. The van der Waals surface area contributed by atoms with Gasteiger partial charge < -0.3 is 24.3 Å². The van der Waals surface area contributed by atoms with Crippen molar-refractivity contribution in [1.82, 2.24) is 5.32 Å². The number of methoxy groups -OCH3 is 2. The van der Waals surface area contributed by atoms with Gasteiger partial charge in [-0.15, -0.1) is 0 Å². The van der Waals surface area contributed by atoms with Crippen LogP contribution in [-0.4, -0.2) is 39.9 Å². The quantitative estimate of drug-likeness (QED) is 0.708. The summed E-state index contributed by atoms with van der Waals surface area (Å²) in [5.74, 6) is 2.14. The van der Waals surface area contributed by atoms with Crippen molar-refractivity contribution in [3.05, 3.63) is 48.0 Å². The van der Waals surface area contributed by atoms with Gasteiger partial charge in [0.05, 0.1) is 20.8 Å². The van der Waals surface area contributed by atoms with Gasteiger partial charge in [0.2, 0.25) is 5.75 Å². The molecule has 1 amide bonds. The molecule has 2 aromatic rings. The number of benzene rings is 2. The fourth-order valence-electron chi connectivity index (χ4n) is 2.16. The summed E-state index contributed by atoms with van der Waals surface area (Å²) in [6, 6.07) is 12.9. The van der Waals surface area contributed by atoms with Gasteiger partial charge in [0.25, 0.3) is 5.91 Å². The van der Waals surface area contributed by atoms with Crippen molar-refractivity contribution in [2.75, 3.05) is 34.0 Å². The number of nitrogens with one attached hydrogen (secondary N) is 1. The van der Waals surface area contributed by atoms with Gasteiger partial charge in [-0.25, -0.2) is 0 Å². The summed E-state index contributed by atoms with van der Waals surface area (Å²) in [4.78, 5) is 11.8. The maximum absolute atomic E-state index is 11.8. The highest BCUT2D eigenvalue weighted by molar-refractivity contribution is 5.77. The number of para-hydroxylation sites is 1. The molecule has 25 heavy (non-hydrogen) atoms. The number of carbonyl (C=O) groups is 1. The summed E-state index contributed by atoms with van der Waals surface area (Å²) in [5, 5.41) is 2.74. The van der Waals surface area contributed by atoms with Crippen LogP contribution in [0.5, 0.6) is 23.0 Å². The van der Waals surface area contributed by atoms with Crippen molar-refractivity contribution < 1.29 is 23.7 Å². The van der Waals surface area contributed by atoms with Gasteiger partial charge in [0, 0.05) is 0 Å². The lowest BCUT2D eigenvalue weighted by molar-refractivity contribution is -0.123. The first-order chi connectivity index (χ1) is 12.1. The van der Waals surface area contributed by atoms with Gasteiger partial charge in [-0.2, -0.15) is 0 Å². The molecule has 0 aliphatic carbocycles. The number of aryl methyl sites for hydroxylation is 1. The van der Waals surface area contributed by atoms with Crippen LogP contribution >= 0.6 is 0 Å². The molecule has 0 aliphatic rings. The number of ether oxygens (including phenoxy) is 4. The lowest BCUT2D eigenvalue weighted by Gasteiger charge is -2.13. The van der Waals surface area contributed by atoms with Crippen LogP contribution in [0.4, 0.5) is 0 Å². The van der Waals surface area contributed by atoms with E-state index < -0.39 is 0 Å². The summed E-state index contributed by atoms with van der Waals surface area (Å²) in [6.45, 7) is 2.62. The Morgan fingerprint density at radius 1 is 0.960 bits per heavy atom. The summed E-state index contributed by atoms with van der Waals surface area (Å²) >= 11 is 0. The molecule has 0 spiro atoms. The molecule has 0 heterocycles. The third-order valence-corrected chi connectivity index (χ3v) is 3.44. The molecule has 6 heteroatoms. The van der Waals surface area contributed by atoms with Gasteiger partial charge in [0.15, 0.2) is 18.1 Å². The number of hydrogen-bond donors (Lipinski definition) is 1. The Morgan fingerprint density at radius 2 is 1.68 bits per heavy atom. The van der Waals surface area contributed by atoms with E-state index in [1.165, 1.54) is 0 Å². The van der Waals surface area contributed by atoms with Crippen LogP contribution in [0.1, 0.15) is 5.56 Å². The van der Waals surface area contributed by atoms with E-state index in [9.17, 15) is 4.79 Å². The van der Waals surface area contributed by atoms with Crippen LogP contribution in [0.3, 0.4) is 0 Å². The van der Waals surface area contributed by atoms with Crippen molar-refractivity contribution >= 4 is 5.91 Å². The lowest BCUT2D eigenvalue weighted by atomic mass is 10.2. The van der Waals surface area contributed by atoms with Crippen LogP contribution in [0.15, 0.2) is 42.5 Å². The van der Waals surface area contributed by atoms with E-state index in [0.29, 0.717) is 36.1 Å². The first-order valence-corrected chi connectivity index (χ1v) is 7.94. The van der Waals surface area contributed by atoms with Gasteiger partial charge in [-0.1, -0.05) is 23.8 Å². The minimum Gasteiger partial charge on any atom is -0.493 e. The third kappa shape index (κ3) is 5.60. The number of hydrogen-bond acceptors (Lipinski definition) is 5. The zero-order valence-electron chi connectivity index (χ0n) is 14.7. The normalized spacial score (nSPS) is 10.0. The van der Waals surface area contributed by atoms with Crippen LogP contribution in [0.25, 0.3) is 0 Å². The van der Waals surface area contributed by atoms with Crippen molar-refractivity contribution in [2.45, 2.75) is 6.92 Å². The Hall–Kier alpha value is -2.89. The molecule has 0 fully saturated rings. The SMILES string of the molecule is COc1cccc(OCCNC(=O)COc2ccc(C)cc2)c1OC. The molecule has 134 valence electrons. The van der Waals surface area contributed by atoms with Gasteiger partial charge >= 0.3 is 0 Å². The van der Waals surface area contributed by atoms with Crippen LogP contribution < -0.4 is 24.3 Å². The van der Waals surface area contributed by atoms with Crippen LogP contribution in [0, 0.1) is 6.92 Å². The Labute approximate surface area is 147 Å². The Morgan fingerprint density at radius 3 is 2.36 bits per heavy atom. The second-order valence-corrected chi connectivity index (χ2v) is 5.29. The molecule has 0 aliphatic heterocycles. The third-order valence-electron chi connectivity index (χ3n) is 3.44. The monoisotopic (exact) mass is 345 g/mol. The van der Waals surface area contributed by atoms with Gasteiger partial charge in [-0.3, -0.25) is 4.79 Å². The highest BCUT2D eigenvalue weighted by Gasteiger charge is 2.10. The number of rotatable bonds is 9. The van der Waals surface area contributed by atoms with E-state index in [1.54, 1.807) is 26.4 Å². The van der Waals surface area contributed by atoms with Crippen LogP contribution in [-0.2, 0) is 4.79 Å². The smallest absolute Gasteiger partial charge is 0.258 e. The average molecular weight is 345 g/mol. The molecule has 0 saturated carbocycles. The number of carbonyl (C=O) groups excluding carboxylic acids is 1. The second kappa shape index (κ2) is 9.42. The molecule has 0 saturated heterocycles. The standard InChI is InChI=1S/C19H23NO5/c1-14-7-9-15(10-8-14)25-13-18(21)20-11-12-24-17-6-4-5-16(22-2)19(17)23-3/h4-10H,11-13H2,1-3H3,(H,20,21). The molecule has 0 unspecified atom stereocenters. The highest BCUT2D eigenvalue weighted by atomic mass is 16.5. The van der Waals surface area contributed by atoms with Crippen molar-refractivity contribution in [2.24, 2.45) is 0 Å². The van der Waals surface area contributed by atoms with E-state index in [0.717, 1.165) is 5.56 Å². The van der Waals surface area contributed by atoms with Crippen LogP contribution in [0.2, 0.25) is 0 Å². The Balaban J connectivity index is 1.72. The zero-order chi connectivity index (χ0) is 18.1. The van der Waals surface area contributed by atoms with Crippen molar-refractivity contribution in [3.63, 3.8) is 0 Å². The second-order valence-electron chi connectivity index (χ2n) is 5.29. The van der Waals surface area contributed by atoms with E-state index in [4.69, 9.17) is 18.9 Å². The van der Waals surface area contributed by atoms with Crippen molar-refractivity contribution in [3.8, 4) is 23.0 Å². The average Bonchev–Trinajstić information content (AvgIpc) is 2.64. The molecule has 2 aromatic carbocycles. The van der Waals surface area contributed by atoms with Gasteiger partial charge in [0.1, 0.15) is 12.4 Å². The molecular weight excluding hydrogens is 322 g/mol. The van der Waals surface area contributed by atoms with E-state index in [1.807, 2.05) is 37.3 Å². The largest absolute Gasteiger partial charge is 0.493 e. The lowest BCUT2D eigenvalue weighted by Crippen LogP contribution is -2.32. The molecular formula is C19H23NO5. The molecule has 2 rings (SSSR count). The predicted octanol–water partition coefficient (Wildman–Crippen LogP) is 2.59. The maximum Gasteiger partial charge on any atom is 0.258 e. The first-order valence-electron chi connectivity index (χ1n) is 7.94. The first kappa shape index (κ1) is 18.4. The van der Waals surface area contributed by atoms with E-state index in [2.05, 4.69) is 5.32 Å². The van der Waals surface area contributed by atoms with Crippen molar-refractivity contribution in [1.29, 1.82) is 0 Å². The summed E-state index contributed by atoms with van der Waals surface area (Å²) in [6.07, 6.45) is 0. The van der Waals surface area contributed by atoms with Gasteiger partial charge in [-0.05, 0) is 31.2 Å². The summed E-state index contributed by atoms with van der Waals surface area (Å²) in [7, 11) is 3.12. The zero-order valence-corrected chi connectivity index (χ0v) is 14.7. The molecule has 0 atom stereocenters. The Bertz CT molecular complexity index is 685. The highest BCUT2D eigenvalue weighted by Crippen LogP contribution is 2.36. The molecule has 0 radical (unpaired) electrons. The minimum absolute atomic E-state index is 0.0362. The summed E-state index contributed by atoms with van der Waals surface area (Å²) in [5.41, 5.74) is 1.14. The fourth-order valence-corrected chi connectivity index (χ4v) is 2.16. The molecule has 0 aromatic heterocycles. The van der Waals surface area contributed by atoms with E-state index in [-0.39, 0.29) is 12.5 Å².